The van der Waals surface area contributed by atoms with Crippen molar-refractivity contribution in [3.05, 3.63) is 29.6 Å². The summed E-state index contributed by atoms with van der Waals surface area (Å²) in [5, 5.41) is 11.9. The Morgan fingerprint density at radius 2 is 2.19 bits per heavy atom. The third kappa shape index (κ3) is 4.99. The van der Waals surface area contributed by atoms with Crippen LogP contribution in [0.2, 0.25) is 0 Å². The molecule has 6 nitrogen and oxygen atoms in total. The Kier molecular flexibility index (Phi) is 7.71. The fraction of sp³-hybridized carbons (Fsp3) is 0.600. The summed E-state index contributed by atoms with van der Waals surface area (Å²) in [5.41, 5.74) is 7.20. The van der Waals surface area contributed by atoms with Crippen molar-refractivity contribution in [1.29, 1.82) is 0 Å². The summed E-state index contributed by atoms with van der Waals surface area (Å²) in [7, 11) is 1.71. The van der Waals surface area contributed by atoms with E-state index in [-0.39, 0.29) is 5.84 Å². The molecule has 0 aliphatic rings. The molecule has 1 aromatic heterocycles. The summed E-state index contributed by atoms with van der Waals surface area (Å²) in [6, 6.07) is 4.30. The first-order chi connectivity index (χ1) is 10.2. The first-order valence-electron chi connectivity index (χ1n) is 7.32. The Balaban J connectivity index is 2.97. The third-order valence-corrected chi connectivity index (χ3v) is 3.66. The van der Waals surface area contributed by atoms with Gasteiger partial charge in [-0.25, -0.2) is 0 Å². The molecule has 0 amide bonds. The quantitative estimate of drug-likeness (QED) is 0.314. The minimum Gasteiger partial charge on any atom is -0.409 e. The van der Waals surface area contributed by atoms with Crippen molar-refractivity contribution < 1.29 is 9.94 Å². The number of pyridine rings is 1. The van der Waals surface area contributed by atoms with Gasteiger partial charge >= 0.3 is 0 Å². The van der Waals surface area contributed by atoms with Crippen molar-refractivity contribution in [2.75, 3.05) is 20.3 Å². The van der Waals surface area contributed by atoms with Gasteiger partial charge < -0.3 is 15.7 Å². The lowest BCUT2D eigenvalue weighted by molar-refractivity contribution is 0.110. The summed E-state index contributed by atoms with van der Waals surface area (Å²) >= 11 is 0. The number of methoxy groups -OCH3 is 1. The average Bonchev–Trinajstić information content (AvgIpc) is 2.53. The average molecular weight is 294 g/mol. The van der Waals surface area contributed by atoms with Crippen LogP contribution in [0.25, 0.3) is 0 Å². The number of amidine groups is 1. The fourth-order valence-corrected chi connectivity index (χ4v) is 2.47. The largest absolute Gasteiger partial charge is 0.409 e. The number of aromatic nitrogens is 1. The molecule has 3 N–H and O–H groups in total. The van der Waals surface area contributed by atoms with E-state index in [0.29, 0.717) is 24.9 Å². The highest BCUT2D eigenvalue weighted by molar-refractivity contribution is 5.96. The van der Waals surface area contributed by atoms with E-state index in [1.54, 1.807) is 13.3 Å². The van der Waals surface area contributed by atoms with E-state index in [2.05, 4.69) is 28.9 Å². The van der Waals surface area contributed by atoms with E-state index < -0.39 is 0 Å². The Labute approximate surface area is 126 Å². The molecule has 1 rings (SSSR count). The van der Waals surface area contributed by atoms with Gasteiger partial charge in [-0.05, 0) is 24.5 Å². The zero-order valence-electron chi connectivity index (χ0n) is 13.1. The van der Waals surface area contributed by atoms with Crippen molar-refractivity contribution in [3.8, 4) is 0 Å². The molecular formula is C15H26N4O2. The van der Waals surface area contributed by atoms with Crippen LogP contribution in [0.4, 0.5) is 0 Å². The SMILES string of the molecule is CCC(CC)N(CCOC)Cc1cccnc1C(N)=NO. The highest BCUT2D eigenvalue weighted by atomic mass is 16.5. The maximum atomic E-state index is 8.88. The molecule has 6 heteroatoms. The summed E-state index contributed by atoms with van der Waals surface area (Å²) in [5.74, 6) is 0.0434. The van der Waals surface area contributed by atoms with Crippen molar-refractivity contribution in [1.82, 2.24) is 9.88 Å². The lowest BCUT2D eigenvalue weighted by Gasteiger charge is -2.30. The molecule has 21 heavy (non-hydrogen) atoms. The molecule has 0 spiro atoms. The van der Waals surface area contributed by atoms with Crippen molar-refractivity contribution in [3.63, 3.8) is 0 Å². The number of nitrogens with zero attached hydrogens (tertiary/aromatic N) is 3. The second kappa shape index (κ2) is 9.31. The van der Waals surface area contributed by atoms with Crippen molar-refractivity contribution in [2.45, 2.75) is 39.3 Å². The van der Waals surface area contributed by atoms with Gasteiger partial charge in [-0.1, -0.05) is 25.1 Å². The second-order valence-electron chi connectivity index (χ2n) is 4.93. The zero-order valence-corrected chi connectivity index (χ0v) is 13.1. The molecule has 0 saturated carbocycles. The van der Waals surface area contributed by atoms with Gasteiger partial charge in [0.25, 0.3) is 0 Å². The molecule has 0 fully saturated rings. The minimum absolute atomic E-state index is 0.0434. The Morgan fingerprint density at radius 3 is 2.76 bits per heavy atom. The number of rotatable bonds is 9. The number of ether oxygens (including phenoxy) is 1. The van der Waals surface area contributed by atoms with Gasteiger partial charge in [0.15, 0.2) is 5.84 Å². The highest BCUT2D eigenvalue weighted by Gasteiger charge is 2.18. The predicted molar refractivity (Wildman–Crippen MR) is 83.4 cm³/mol. The third-order valence-electron chi connectivity index (χ3n) is 3.66. The predicted octanol–water partition coefficient (Wildman–Crippen LogP) is 1.81. The van der Waals surface area contributed by atoms with Crippen LogP contribution >= 0.6 is 0 Å². The Hall–Kier alpha value is -1.66. The molecule has 0 radical (unpaired) electrons. The molecule has 0 bridgehead atoms. The zero-order chi connectivity index (χ0) is 15.7. The molecule has 0 aliphatic heterocycles. The molecule has 0 unspecified atom stereocenters. The van der Waals surface area contributed by atoms with Crippen LogP contribution in [-0.2, 0) is 11.3 Å². The summed E-state index contributed by atoms with van der Waals surface area (Å²) in [4.78, 5) is 6.58. The van der Waals surface area contributed by atoms with E-state index in [1.165, 1.54) is 0 Å². The molecular weight excluding hydrogens is 268 g/mol. The van der Waals surface area contributed by atoms with Crippen LogP contribution in [0.15, 0.2) is 23.5 Å². The van der Waals surface area contributed by atoms with Gasteiger partial charge in [0.05, 0.1) is 6.61 Å². The van der Waals surface area contributed by atoms with Crippen LogP contribution in [-0.4, -0.2) is 47.2 Å². The number of nitrogens with two attached hydrogens (primary N) is 1. The van der Waals surface area contributed by atoms with Gasteiger partial charge in [-0.15, -0.1) is 0 Å². The van der Waals surface area contributed by atoms with E-state index in [1.807, 2.05) is 12.1 Å². The van der Waals surface area contributed by atoms with Crippen LogP contribution in [0.5, 0.6) is 0 Å². The van der Waals surface area contributed by atoms with Gasteiger partial charge in [0.2, 0.25) is 0 Å². The molecule has 1 heterocycles. The topological polar surface area (TPSA) is 84.0 Å². The normalized spacial score (nSPS) is 12.3. The second-order valence-corrected chi connectivity index (χ2v) is 4.93. The van der Waals surface area contributed by atoms with Gasteiger partial charge in [-0.2, -0.15) is 0 Å². The molecule has 118 valence electrons. The van der Waals surface area contributed by atoms with E-state index in [9.17, 15) is 0 Å². The standard InChI is InChI=1S/C15H26N4O2/c1-4-13(5-2)19(9-10-21-3)11-12-7-6-8-17-14(12)15(16)18-20/h6-8,13,20H,4-5,9-11H2,1-3H3,(H2,16,18). The van der Waals surface area contributed by atoms with Gasteiger partial charge in [0.1, 0.15) is 5.69 Å². The fourth-order valence-electron chi connectivity index (χ4n) is 2.47. The summed E-state index contributed by atoms with van der Waals surface area (Å²) < 4.78 is 5.20. The Morgan fingerprint density at radius 1 is 1.48 bits per heavy atom. The van der Waals surface area contributed by atoms with Crippen molar-refractivity contribution in [2.24, 2.45) is 10.9 Å². The summed E-state index contributed by atoms with van der Waals surface area (Å²) in [6.07, 6.45) is 3.78. The van der Waals surface area contributed by atoms with Crippen LogP contribution < -0.4 is 5.73 Å². The lowest BCUT2D eigenvalue weighted by Crippen LogP contribution is -2.37. The highest BCUT2D eigenvalue weighted by Crippen LogP contribution is 2.15. The maximum absolute atomic E-state index is 8.88. The number of oxime groups is 1. The number of hydrogen-bond donors (Lipinski definition) is 2. The van der Waals surface area contributed by atoms with E-state index in [4.69, 9.17) is 15.7 Å². The summed E-state index contributed by atoms with van der Waals surface area (Å²) in [6.45, 7) is 6.58. The smallest absolute Gasteiger partial charge is 0.189 e. The van der Waals surface area contributed by atoms with Crippen LogP contribution in [0, 0.1) is 0 Å². The first kappa shape index (κ1) is 17.4. The van der Waals surface area contributed by atoms with Gasteiger partial charge in [0, 0.05) is 32.4 Å². The molecule has 0 aromatic carbocycles. The van der Waals surface area contributed by atoms with Crippen molar-refractivity contribution >= 4 is 5.84 Å². The van der Waals surface area contributed by atoms with Crippen LogP contribution in [0.3, 0.4) is 0 Å². The number of hydrogen-bond acceptors (Lipinski definition) is 5. The van der Waals surface area contributed by atoms with Gasteiger partial charge in [-0.3, -0.25) is 9.88 Å². The van der Waals surface area contributed by atoms with Crippen LogP contribution in [0.1, 0.15) is 37.9 Å². The minimum atomic E-state index is 0.0434. The molecule has 0 aliphatic carbocycles. The first-order valence-corrected chi connectivity index (χ1v) is 7.32. The van der Waals surface area contributed by atoms with E-state index in [0.717, 1.165) is 24.9 Å². The lowest BCUT2D eigenvalue weighted by atomic mass is 10.1. The monoisotopic (exact) mass is 294 g/mol. The molecule has 0 saturated heterocycles. The Bertz CT molecular complexity index is 447. The molecule has 1 aromatic rings. The maximum Gasteiger partial charge on any atom is 0.189 e. The van der Waals surface area contributed by atoms with E-state index >= 15 is 0 Å². The molecule has 0 atom stereocenters.